The maximum atomic E-state index is 12.1. The number of piperazine rings is 1. The first-order valence-electron chi connectivity index (χ1n) is 6.05. The van der Waals surface area contributed by atoms with Crippen LogP contribution in [0.25, 0.3) is 0 Å². The highest BCUT2D eigenvalue weighted by Crippen LogP contribution is 2.15. The number of nitrogens with zero attached hydrogens (tertiary/aromatic N) is 1. The van der Waals surface area contributed by atoms with Crippen molar-refractivity contribution in [3.05, 3.63) is 0 Å². The third-order valence-electron chi connectivity index (χ3n) is 3.39. The molecule has 2 saturated heterocycles. The Hall–Kier alpha value is -0.0300. The molecule has 0 aromatic rings. The molecule has 102 valence electrons. The molecule has 2 rings (SSSR count). The predicted molar refractivity (Wildman–Crippen MR) is 74.1 cm³/mol. The van der Waals surface area contributed by atoms with Crippen molar-refractivity contribution in [3.63, 3.8) is 0 Å². The van der Waals surface area contributed by atoms with Gasteiger partial charge < -0.3 is 15.5 Å². The smallest absolute Gasteiger partial charge is 0.228 e. The minimum absolute atomic E-state index is 0. The zero-order chi connectivity index (χ0) is 10.7. The van der Waals surface area contributed by atoms with Crippen molar-refractivity contribution in [1.82, 2.24) is 15.5 Å². The van der Waals surface area contributed by atoms with Gasteiger partial charge in [0, 0.05) is 38.8 Å². The Morgan fingerprint density at radius 3 is 2.47 bits per heavy atom. The van der Waals surface area contributed by atoms with E-state index in [0.717, 1.165) is 45.6 Å². The second kappa shape index (κ2) is 8.14. The highest BCUT2D eigenvalue weighted by atomic mass is 35.5. The number of halogens is 2. The number of rotatable bonds is 3. The molecule has 0 aromatic heterocycles. The molecule has 2 aliphatic rings. The van der Waals surface area contributed by atoms with E-state index in [-0.39, 0.29) is 30.7 Å². The monoisotopic (exact) mass is 283 g/mol. The SMILES string of the molecule is CCCC1CNCCN1C(=O)C1CNC1.Cl.Cl. The van der Waals surface area contributed by atoms with Gasteiger partial charge in [-0.25, -0.2) is 0 Å². The average molecular weight is 284 g/mol. The Balaban J connectivity index is 0.00000128. The van der Waals surface area contributed by atoms with Crippen molar-refractivity contribution in [2.45, 2.75) is 25.8 Å². The molecule has 1 amide bonds. The molecule has 1 unspecified atom stereocenters. The van der Waals surface area contributed by atoms with E-state index in [0.29, 0.717) is 11.9 Å². The van der Waals surface area contributed by atoms with Gasteiger partial charge in [-0.2, -0.15) is 0 Å². The van der Waals surface area contributed by atoms with Crippen LogP contribution < -0.4 is 10.6 Å². The van der Waals surface area contributed by atoms with Crippen LogP contribution in [0.15, 0.2) is 0 Å². The first kappa shape index (κ1) is 17.0. The average Bonchev–Trinajstić information content (AvgIpc) is 2.16. The number of hydrogen-bond acceptors (Lipinski definition) is 3. The quantitative estimate of drug-likeness (QED) is 0.800. The van der Waals surface area contributed by atoms with Crippen molar-refractivity contribution < 1.29 is 4.79 Å². The summed E-state index contributed by atoms with van der Waals surface area (Å²) in [4.78, 5) is 14.2. The number of hydrogen-bond donors (Lipinski definition) is 2. The normalized spacial score (nSPS) is 24.3. The molecule has 0 aromatic carbocycles. The van der Waals surface area contributed by atoms with Crippen LogP contribution in [-0.2, 0) is 4.79 Å². The number of nitrogens with one attached hydrogen (secondary N) is 2. The number of amides is 1. The van der Waals surface area contributed by atoms with Gasteiger partial charge in [0.2, 0.25) is 5.91 Å². The standard InChI is InChI=1S/C11H21N3O.2ClH/c1-2-3-10-8-12-4-5-14(10)11(15)9-6-13-7-9;;/h9-10,12-13H,2-8H2,1H3;2*1H. The number of carbonyl (C=O) groups is 1. The second-order valence-corrected chi connectivity index (χ2v) is 4.53. The maximum Gasteiger partial charge on any atom is 0.228 e. The van der Waals surface area contributed by atoms with E-state index in [4.69, 9.17) is 0 Å². The third kappa shape index (κ3) is 3.98. The summed E-state index contributed by atoms with van der Waals surface area (Å²) in [5, 5.41) is 6.53. The highest BCUT2D eigenvalue weighted by Gasteiger charge is 2.33. The highest BCUT2D eigenvalue weighted by molar-refractivity contribution is 5.85. The molecule has 0 radical (unpaired) electrons. The molecule has 0 bridgehead atoms. The Morgan fingerprint density at radius 1 is 1.24 bits per heavy atom. The van der Waals surface area contributed by atoms with Gasteiger partial charge in [-0.1, -0.05) is 13.3 Å². The second-order valence-electron chi connectivity index (χ2n) is 4.53. The molecule has 2 heterocycles. The Bertz CT molecular complexity index is 235. The summed E-state index contributed by atoms with van der Waals surface area (Å²) in [6.07, 6.45) is 2.28. The van der Waals surface area contributed by atoms with Gasteiger partial charge >= 0.3 is 0 Å². The Kier molecular flexibility index (Phi) is 8.12. The molecular weight excluding hydrogens is 261 g/mol. The molecule has 2 N–H and O–H groups in total. The van der Waals surface area contributed by atoms with Gasteiger partial charge in [0.15, 0.2) is 0 Å². The van der Waals surface area contributed by atoms with Crippen LogP contribution >= 0.6 is 24.8 Å². The van der Waals surface area contributed by atoms with E-state index in [2.05, 4.69) is 22.5 Å². The molecule has 2 fully saturated rings. The summed E-state index contributed by atoms with van der Waals surface area (Å²) >= 11 is 0. The molecule has 0 saturated carbocycles. The molecule has 1 atom stereocenters. The molecular formula is C11H23Cl2N3O. The van der Waals surface area contributed by atoms with Crippen molar-refractivity contribution in [3.8, 4) is 0 Å². The van der Waals surface area contributed by atoms with Crippen LogP contribution in [-0.4, -0.2) is 49.6 Å². The van der Waals surface area contributed by atoms with Crippen molar-refractivity contribution in [2.24, 2.45) is 5.92 Å². The molecule has 2 aliphatic heterocycles. The minimum Gasteiger partial charge on any atom is -0.337 e. The van der Waals surface area contributed by atoms with E-state index < -0.39 is 0 Å². The van der Waals surface area contributed by atoms with Crippen LogP contribution in [0.1, 0.15) is 19.8 Å². The lowest BCUT2D eigenvalue weighted by atomic mass is 9.98. The van der Waals surface area contributed by atoms with E-state index >= 15 is 0 Å². The lowest BCUT2D eigenvalue weighted by Gasteiger charge is -2.40. The summed E-state index contributed by atoms with van der Waals surface area (Å²) in [6.45, 7) is 6.75. The van der Waals surface area contributed by atoms with Gasteiger partial charge in [-0.15, -0.1) is 24.8 Å². The topological polar surface area (TPSA) is 44.4 Å². The molecule has 0 aliphatic carbocycles. The van der Waals surface area contributed by atoms with E-state index in [1.54, 1.807) is 0 Å². The fraction of sp³-hybridized carbons (Fsp3) is 0.909. The molecule has 0 spiro atoms. The summed E-state index contributed by atoms with van der Waals surface area (Å²) in [5.74, 6) is 0.621. The zero-order valence-electron chi connectivity index (χ0n) is 10.3. The Morgan fingerprint density at radius 2 is 1.94 bits per heavy atom. The third-order valence-corrected chi connectivity index (χ3v) is 3.39. The van der Waals surface area contributed by atoms with Crippen LogP contribution in [0.3, 0.4) is 0 Å². The van der Waals surface area contributed by atoms with Crippen molar-refractivity contribution in [2.75, 3.05) is 32.7 Å². The summed E-state index contributed by atoms with van der Waals surface area (Å²) in [6, 6.07) is 0.428. The molecule has 4 nitrogen and oxygen atoms in total. The van der Waals surface area contributed by atoms with Crippen molar-refractivity contribution >= 4 is 30.7 Å². The van der Waals surface area contributed by atoms with E-state index in [9.17, 15) is 4.79 Å². The minimum atomic E-state index is 0. The van der Waals surface area contributed by atoms with Crippen LogP contribution in [0.5, 0.6) is 0 Å². The Labute approximate surface area is 116 Å². The molecule has 6 heteroatoms. The van der Waals surface area contributed by atoms with Crippen LogP contribution in [0.2, 0.25) is 0 Å². The lowest BCUT2D eigenvalue weighted by molar-refractivity contribution is -0.140. The van der Waals surface area contributed by atoms with Gasteiger partial charge in [0.05, 0.1) is 5.92 Å². The van der Waals surface area contributed by atoms with Crippen LogP contribution in [0, 0.1) is 5.92 Å². The zero-order valence-corrected chi connectivity index (χ0v) is 11.9. The molecule has 17 heavy (non-hydrogen) atoms. The largest absolute Gasteiger partial charge is 0.337 e. The fourth-order valence-corrected chi connectivity index (χ4v) is 2.34. The van der Waals surface area contributed by atoms with Gasteiger partial charge in [0.1, 0.15) is 0 Å². The summed E-state index contributed by atoms with van der Waals surface area (Å²) in [5.41, 5.74) is 0. The predicted octanol–water partition coefficient (Wildman–Crippen LogP) is 0.650. The maximum absolute atomic E-state index is 12.1. The van der Waals surface area contributed by atoms with E-state index in [1.807, 2.05) is 0 Å². The van der Waals surface area contributed by atoms with Crippen molar-refractivity contribution in [1.29, 1.82) is 0 Å². The number of carbonyl (C=O) groups excluding carboxylic acids is 1. The first-order chi connectivity index (χ1) is 7.33. The van der Waals surface area contributed by atoms with Gasteiger partial charge in [-0.3, -0.25) is 4.79 Å². The van der Waals surface area contributed by atoms with Crippen LogP contribution in [0.4, 0.5) is 0 Å². The first-order valence-corrected chi connectivity index (χ1v) is 6.05. The van der Waals surface area contributed by atoms with Gasteiger partial charge in [0.25, 0.3) is 0 Å². The lowest BCUT2D eigenvalue weighted by Crippen LogP contribution is -2.59. The van der Waals surface area contributed by atoms with E-state index in [1.165, 1.54) is 0 Å². The summed E-state index contributed by atoms with van der Waals surface area (Å²) < 4.78 is 0. The van der Waals surface area contributed by atoms with Gasteiger partial charge in [-0.05, 0) is 6.42 Å². The fourth-order valence-electron chi connectivity index (χ4n) is 2.34. The summed E-state index contributed by atoms with van der Waals surface area (Å²) in [7, 11) is 0.